The molecule has 0 bridgehead atoms. The second-order valence-corrected chi connectivity index (χ2v) is 3.91. The number of hydrogen-bond acceptors (Lipinski definition) is 1. The van der Waals surface area contributed by atoms with Crippen molar-refractivity contribution in [3.05, 3.63) is 71.0 Å². The molecule has 0 amide bonds. The molecule has 0 aromatic heterocycles. The Bertz CT molecular complexity index is 476. The third-order valence-electron chi connectivity index (χ3n) is 2.68. The quantitative estimate of drug-likeness (QED) is 0.818. The summed E-state index contributed by atoms with van der Waals surface area (Å²) in [4.78, 5) is 0. The number of benzene rings is 2. The standard InChI is InChI=1S/C14H14FN/c1-10-6-8-11(9-7-10)14(16)12-4-2-3-5-13(12)15/h2-9,14H,16H2,1H3/t14-/m0/s1. The molecule has 82 valence electrons. The summed E-state index contributed by atoms with van der Waals surface area (Å²) in [6.45, 7) is 2.01. The first-order valence-corrected chi connectivity index (χ1v) is 5.25. The number of nitrogens with two attached hydrogens (primary N) is 1. The average Bonchev–Trinajstić information content (AvgIpc) is 2.30. The van der Waals surface area contributed by atoms with Gasteiger partial charge in [-0.15, -0.1) is 0 Å². The van der Waals surface area contributed by atoms with Crippen LogP contribution in [0, 0.1) is 12.7 Å². The molecule has 1 atom stereocenters. The van der Waals surface area contributed by atoms with E-state index in [0.717, 1.165) is 5.56 Å². The maximum absolute atomic E-state index is 13.5. The minimum absolute atomic E-state index is 0.254. The molecule has 0 spiro atoms. The molecule has 0 unspecified atom stereocenters. The maximum atomic E-state index is 13.5. The molecule has 2 heteroatoms. The van der Waals surface area contributed by atoms with Gasteiger partial charge in [-0.25, -0.2) is 4.39 Å². The van der Waals surface area contributed by atoms with Crippen LogP contribution in [-0.2, 0) is 0 Å². The fraction of sp³-hybridized carbons (Fsp3) is 0.143. The molecule has 0 heterocycles. The van der Waals surface area contributed by atoms with E-state index in [2.05, 4.69) is 0 Å². The molecule has 0 fully saturated rings. The SMILES string of the molecule is Cc1ccc([C@H](N)c2ccccc2F)cc1. The fourth-order valence-electron chi connectivity index (χ4n) is 1.68. The summed E-state index contributed by atoms with van der Waals surface area (Å²) >= 11 is 0. The highest BCUT2D eigenvalue weighted by Gasteiger charge is 2.12. The van der Waals surface area contributed by atoms with Gasteiger partial charge < -0.3 is 5.73 Å². The number of rotatable bonds is 2. The lowest BCUT2D eigenvalue weighted by atomic mass is 9.98. The first-order valence-electron chi connectivity index (χ1n) is 5.25. The molecule has 1 nitrogen and oxygen atoms in total. The van der Waals surface area contributed by atoms with Crippen molar-refractivity contribution in [2.24, 2.45) is 5.73 Å². The third-order valence-corrected chi connectivity index (χ3v) is 2.68. The van der Waals surface area contributed by atoms with Crippen LogP contribution in [0.3, 0.4) is 0 Å². The Morgan fingerprint density at radius 2 is 1.62 bits per heavy atom. The Morgan fingerprint density at radius 3 is 2.25 bits per heavy atom. The van der Waals surface area contributed by atoms with Crippen LogP contribution in [0.5, 0.6) is 0 Å². The highest BCUT2D eigenvalue weighted by atomic mass is 19.1. The number of halogens is 1. The van der Waals surface area contributed by atoms with Gasteiger partial charge >= 0.3 is 0 Å². The van der Waals surface area contributed by atoms with Crippen LogP contribution in [0.2, 0.25) is 0 Å². The average molecular weight is 215 g/mol. The Labute approximate surface area is 94.7 Å². The van der Waals surface area contributed by atoms with Crippen LogP contribution in [0.25, 0.3) is 0 Å². The summed E-state index contributed by atoms with van der Waals surface area (Å²) in [5.41, 5.74) is 8.66. The van der Waals surface area contributed by atoms with Crippen molar-refractivity contribution < 1.29 is 4.39 Å². The van der Waals surface area contributed by atoms with Crippen LogP contribution in [0.15, 0.2) is 48.5 Å². The lowest BCUT2D eigenvalue weighted by molar-refractivity contribution is 0.599. The summed E-state index contributed by atoms with van der Waals surface area (Å²) in [7, 11) is 0. The summed E-state index contributed by atoms with van der Waals surface area (Å²) in [6.07, 6.45) is 0. The normalized spacial score (nSPS) is 12.4. The van der Waals surface area contributed by atoms with Crippen LogP contribution in [0.1, 0.15) is 22.7 Å². The van der Waals surface area contributed by atoms with Gasteiger partial charge in [-0.3, -0.25) is 0 Å². The lowest BCUT2D eigenvalue weighted by Crippen LogP contribution is -2.13. The lowest BCUT2D eigenvalue weighted by Gasteiger charge is -2.13. The van der Waals surface area contributed by atoms with Gasteiger partial charge in [-0.1, -0.05) is 48.0 Å². The third kappa shape index (κ3) is 2.12. The van der Waals surface area contributed by atoms with Crippen LogP contribution in [-0.4, -0.2) is 0 Å². The van der Waals surface area contributed by atoms with E-state index in [4.69, 9.17) is 5.73 Å². The molecule has 0 aliphatic rings. The predicted octanol–water partition coefficient (Wildman–Crippen LogP) is 3.18. The zero-order valence-corrected chi connectivity index (χ0v) is 9.15. The van der Waals surface area contributed by atoms with Crippen molar-refractivity contribution in [2.75, 3.05) is 0 Å². The van der Waals surface area contributed by atoms with Gasteiger partial charge in [0, 0.05) is 5.56 Å². The summed E-state index contributed by atoms with van der Waals surface area (Å²) in [5, 5.41) is 0. The van der Waals surface area contributed by atoms with Gasteiger partial charge in [0.25, 0.3) is 0 Å². The Morgan fingerprint density at radius 1 is 1.00 bits per heavy atom. The van der Waals surface area contributed by atoms with E-state index >= 15 is 0 Å². The van der Waals surface area contributed by atoms with E-state index in [9.17, 15) is 4.39 Å². The monoisotopic (exact) mass is 215 g/mol. The van der Waals surface area contributed by atoms with Gasteiger partial charge in [-0.2, -0.15) is 0 Å². The molecule has 2 aromatic rings. The van der Waals surface area contributed by atoms with Crippen molar-refractivity contribution in [3.8, 4) is 0 Å². The van der Waals surface area contributed by atoms with Crippen LogP contribution < -0.4 is 5.73 Å². The topological polar surface area (TPSA) is 26.0 Å². The van der Waals surface area contributed by atoms with Crippen LogP contribution >= 0.6 is 0 Å². The van der Waals surface area contributed by atoms with Gasteiger partial charge in [0.15, 0.2) is 0 Å². The summed E-state index contributed by atoms with van der Waals surface area (Å²) in [5.74, 6) is -0.254. The van der Waals surface area contributed by atoms with E-state index in [-0.39, 0.29) is 5.82 Å². The van der Waals surface area contributed by atoms with Crippen molar-refractivity contribution in [3.63, 3.8) is 0 Å². The maximum Gasteiger partial charge on any atom is 0.128 e. The molecule has 2 rings (SSSR count). The smallest absolute Gasteiger partial charge is 0.128 e. The zero-order valence-electron chi connectivity index (χ0n) is 9.15. The van der Waals surface area contributed by atoms with E-state index in [1.54, 1.807) is 18.2 Å². The number of hydrogen-bond donors (Lipinski definition) is 1. The minimum atomic E-state index is -0.401. The Balaban J connectivity index is 2.35. The first-order chi connectivity index (χ1) is 7.68. The van der Waals surface area contributed by atoms with Crippen molar-refractivity contribution in [1.82, 2.24) is 0 Å². The molecule has 0 saturated carbocycles. The Hall–Kier alpha value is -1.67. The largest absolute Gasteiger partial charge is 0.320 e. The molecular weight excluding hydrogens is 201 g/mol. The highest BCUT2D eigenvalue weighted by molar-refractivity contribution is 5.33. The van der Waals surface area contributed by atoms with E-state index < -0.39 is 6.04 Å². The molecule has 0 aliphatic carbocycles. The molecule has 2 aromatic carbocycles. The predicted molar refractivity (Wildman–Crippen MR) is 63.6 cm³/mol. The first kappa shape index (κ1) is 10.8. The van der Waals surface area contributed by atoms with Crippen molar-refractivity contribution >= 4 is 0 Å². The molecule has 16 heavy (non-hydrogen) atoms. The summed E-state index contributed by atoms with van der Waals surface area (Å²) in [6, 6.07) is 14.1. The van der Waals surface area contributed by atoms with Gasteiger partial charge in [0.05, 0.1) is 6.04 Å². The molecule has 2 N–H and O–H groups in total. The summed E-state index contributed by atoms with van der Waals surface area (Å²) < 4.78 is 13.5. The molecule has 0 aliphatic heterocycles. The zero-order chi connectivity index (χ0) is 11.5. The molecule has 0 radical (unpaired) electrons. The van der Waals surface area contributed by atoms with E-state index in [0.29, 0.717) is 5.56 Å². The Kier molecular flexibility index (Phi) is 3.02. The second kappa shape index (κ2) is 4.45. The van der Waals surface area contributed by atoms with E-state index in [1.165, 1.54) is 11.6 Å². The fourth-order valence-corrected chi connectivity index (χ4v) is 1.68. The minimum Gasteiger partial charge on any atom is -0.320 e. The van der Waals surface area contributed by atoms with Crippen molar-refractivity contribution in [1.29, 1.82) is 0 Å². The van der Waals surface area contributed by atoms with E-state index in [1.807, 2.05) is 31.2 Å². The highest BCUT2D eigenvalue weighted by Crippen LogP contribution is 2.22. The molecular formula is C14H14FN. The van der Waals surface area contributed by atoms with Crippen molar-refractivity contribution in [2.45, 2.75) is 13.0 Å². The van der Waals surface area contributed by atoms with Gasteiger partial charge in [0.1, 0.15) is 5.82 Å². The van der Waals surface area contributed by atoms with Gasteiger partial charge in [0.2, 0.25) is 0 Å². The molecule has 0 saturated heterocycles. The number of aryl methyl sites for hydroxylation is 1. The second-order valence-electron chi connectivity index (χ2n) is 3.91. The van der Waals surface area contributed by atoms with Gasteiger partial charge in [-0.05, 0) is 18.6 Å². The van der Waals surface area contributed by atoms with Crippen LogP contribution in [0.4, 0.5) is 4.39 Å².